The second kappa shape index (κ2) is 6.73. The molecule has 0 unspecified atom stereocenters. The highest BCUT2D eigenvalue weighted by Gasteiger charge is 2.31. The van der Waals surface area contributed by atoms with E-state index >= 15 is 0 Å². The summed E-state index contributed by atoms with van der Waals surface area (Å²) in [5, 5.41) is 1.22. The van der Waals surface area contributed by atoms with Crippen molar-refractivity contribution in [3.8, 4) is 0 Å². The van der Waals surface area contributed by atoms with Gasteiger partial charge >= 0.3 is 0 Å². The molecule has 0 atom stereocenters. The van der Waals surface area contributed by atoms with Gasteiger partial charge in [0.1, 0.15) is 16.5 Å². The van der Waals surface area contributed by atoms with Crippen LogP contribution in [-0.2, 0) is 4.79 Å². The maximum atomic E-state index is 12.6. The Hall–Kier alpha value is -1.69. The number of carbonyl (C=O) groups is 1. The first-order chi connectivity index (χ1) is 12.7. The molecule has 1 amide bonds. The van der Waals surface area contributed by atoms with E-state index in [0.29, 0.717) is 12.3 Å². The average molecular weight is 387 g/mol. The maximum Gasteiger partial charge on any atom is 0.223 e. The van der Waals surface area contributed by atoms with Crippen LogP contribution in [0.2, 0.25) is 0 Å². The molecule has 2 aromatic heterocycles. The highest BCUT2D eigenvalue weighted by Crippen LogP contribution is 2.42. The Bertz CT molecular complexity index is 870. The third-order valence-electron chi connectivity index (χ3n) is 5.58. The van der Waals surface area contributed by atoms with Gasteiger partial charge in [-0.25, -0.2) is 9.97 Å². The molecule has 2 aliphatic rings. The molecule has 2 fully saturated rings. The number of carbonyl (C=O) groups excluding carboxylic acids is 1. The summed E-state index contributed by atoms with van der Waals surface area (Å²) in [5.41, 5.74) is 1.34. The van der Waals surface area contributed by atoms with Crippen molar-refractivity contribution in [1.29, 1.82) is 0 Å². The van der Waals surface area contributed by atoms with Crippen LogP contribution in [0.25, 0.3) is 10.2 Å². The Labute approximate surface area is 165 Å². The molecule has 27 heavy (non-hydrogen) atoms. The van der Waals surface area contributed by atoms with Crippen molar-refractivity contribution in [2.45, 2.75) is 59.8 Å². The Morgan fingerprint density at radius 3 is 2.37 bits per heavy atom. The van der Waals surface area contributed by atoms with Gasteiger partial charge in [0.05, 0.1) is 5.39 Å². The van der Waals surface area contributed by atoms with E-state index in [-0.39, 0.29) is 11.3 Å². The lowest BCUT2D eigenvalue weighted by Gasteiger charge is -2.37. The fourth-order valence-electron chi connectivity index (χ4n) is 3.73. The number of hydrogen-bond donors (Lipinski definition) is 0. The molecule has 146 valence electrons. The monoisotopic (exact) mass is 386 g/mol. The van der Waals surface area contributed by atoms with Crippen LogP contribution in [-0.4, -0.2) is 47.0 Å². The number of hydrogen-bond acceptors (Lipinski definition) is 5. The molecule has 0 radical (unpaired) electrons. The number of anilines is 1. The first kappa shape index (κ1) is 18.7. The minimum absolute atomic E-state index is 0.0392. The summed E-state index contributed by atoms with van der Waals surface area (Å²) in [6.45, 7) is 14.0. The summed E-state index contributed by atoms with van der Waals surface area (Å²) < 4.78 is 0. The zero-order valence-corrected chi connectivity index (χ0v) is 17.9. The van der Waals surface area contributed by atoms with E-state index in [4.69, 9.17) is 9.97 Å². The van der Waals surface area contributed by atoms with Crippen molar-refractivity contribution in [3.05, 3.63) is 16.3 Å². The molecule has 4 rings (SSSR count). The lowest BCUT2D eigenvalue weighted by molar-refractivity contribution is -0.133. The van der Waals surface area contributed by atoms with Gasteiger partial charge in [0.25, 0.3) is 0 Å². The number of aryl methyl sites for hydroxylation is 2. The van der Waals surface area contributed by atoms with E-state index in [1.807, 2.05) is 4.90 Å². The smallest absolute Gasteiger partial charge is 0.223 e. The first-order valence-corrected chi connectivity index (χ1v) is 10.8. The van der Waals surface area contributed by atoms with Crippen LogP contribution in [0.15, 0.2) is 0 Å². The van der Waals surface area contributed by atoms with Crippen molar-refractivity contribution in [2.75, 3.05) is 31.1 Å². The highest BCUT2D eigenvalue weighted by atomic mass is 32.1. The standard InChI is InChI=1S/C21H30N4OS/c1-13-14(2)27-20-17(13)19(22-18(23-20)15-6-7-15)25-10-8-24(9-11-25)16(26)12-21(3,4)5/h15H,6-12H2,1-5H3. The lowest BCUT2D eigenvalue weighted by Crippen LogP contribution is -2.49. The van der Waals surface area contributed by atoms with Gasteiger partial charge in [0.2, 0.25) is 5.91 Å². The predicted molar refractivity (Wildman–Crippen MR) is 112 cm³/mol. The van der Waals surface area contributed by atoms with Crippen LogP contribution < -0.4 is 4.90 Å². The zero-order valence-electron chi connectivity index (χ0n) is 17.1. The van der Waals surface area contributed by atoms with Crippen LogP contribution >= 0.6 is 11.3 Å². The van der Waals surface area contributed by atoms with E-state index < -0.39 is 0 Å². The van der Waals surface area contributed by atoms with Gasteiger partial charge in [-0.3, -0.25) is 4.79 Å². The van der Waals surface area contributed by atoms with Gasteiger partial charge in [0, 0.05) is 43.4 Å². The van der Waals surface area contributed by atoms with Crippen LogP contribution in [0, 0.1) is 19.3 Å². The van der Waals surface area contributed by atoms with Gasteiger partial charge in [-0.05, 0) is 37.7 Å². The zero-order chi connectivity index (χ0) is 19.3. The topological polar surface area (TPSA) is 49.3 Å². The second-order valence-electron chi connectivity index (χ2n) is 9.25. The van der Waals surface area contributed by atoms with Gasteiger partial charge in [-0.15, -0.1) is 11.3 Å². The second-order valence-corrected chi connectivity index (χ2v) is 10.5. The fourth-order valence-corrected chi connectivity index (χ4v) is 4.76. The predicted octanol–water partition coefficient (Wildman–Crippen LogP) is 4.27. The molecule has 3 heterocycles. The van der Waals surface area contributed by atoms with Crippen molar-refractivity contribution < 1.29 is 4.79 Å². The third-order valence-corrected chi connectivity index (χ3v) is 6.68. The molecule has 6 heteroatoms. The SMILES string of the molecule is Cc1sc2nc(C3CC3)nc(N3CCN(C(=O)CC(C)(C)C)CC3)c2c1C. The van der Waals surface area contributed by atoms with Crippen LogP contribution in [0.5, 0.6) is 0 Å². The molecule has 0 bridgehead atoms. The van der Waals surface area contributed by atoms with E-state index in [0.717, 1.165) is 42.7 Å². The molecule has 2 aromatic rings. The van der Waals surface area contributed by atoms with Crippen molar-refractivity contribution in [3.63, 3.8) is 0 Å². The highest BCUT2D eigenvalue weighted by molar-refractivity contribution is 7.18. The number of amides is 1. The Morgan fingerprint density at radius 1 is 1.11 bits per heavy atom. The fraction of sp³-hybridized carbons (Fsp3) is 0.667. The molecule has 0 aromatic carbocycles. The average Bonchev–Trinajstić information content (AvgIpc) is 3.40. The van der Waals surface area contributed by atoms with E-state index in [1.54, 1.807) is 11.3 Å². The maximum absolute atomic E-state index is 12.6. The number of aromatic nitrogens is 2. The molecule has 5 nitrogen and oxygen atoms in total. The number of piperazine rings is 1. The van der Waals surface area contributed by atoms with Crippen molar-refractivity contribution in [2.24, 2.45) is 5.41 Å². The molecule has 0 N–H and O–H groups in total. The summed E-state index contributed by atoms with van der Waals surface area (Å²) in [4.78, 5) is 29.3. The molecule has 1 aliphatic carbocycles. The first-order valence-electron chi connectivity index (χ1n) is 10.0. The van der Waals surface area contributed by atoms with E-state index in [2.05, 4.69) is 39.5 Å². The van der Waals surface area contributed by atoms with E-state index in [1.165, 1.54) is 28.7 Å². The minimum Gasteiger partial charge on any atom is -0.352 e. The van der Waals surface area contributed by atoms with Gasteiger partial charge < -0.3 is 9.80 Å². The largest absolute Gasteiger partial charge is 0.352 e. The summed E-state index contributed by atoms with van der Waals surface area (Å²) >= 11 is 1.79. The lowest BCUT2D eigenvalue weighted by atomic mass is 9.91. The van der Waals surface area contributed by atoms with E-state index in [9.17, 15) is 4.79 Å². The Kier molecular flexibility index (Phi) is 4.65. The summed E-state index contributed by atoms with van der Waals surface area (Å²) in [6, 6.07) is 0. The van der Waals surface area contributed by atoms with Crippen molar-refractivity contribution >= 4 is 33.3 Å². The summed E-state index contributed by atoms with van der Waals surface area (Å²) in [6.07, 6.45) is 3.03. The molecular weight excluding hydrogens is 356 g/mol. The van der Waals surface area contributed by atoms with Crippen LogP contribution in [0.3, 0.4) is 0 Å². The Morgan fingerprint density at radius 2 is 1.78 bits per heavy atom. The van der Waals surface area contributed by atoms with Gasteiger partial charge in [-0.2, -0.15) is 0 Å². The molecule has 0 spiro atoms. The Balaban J connectivity index is 1.57. The summed E-state index contributed by atoms with van der Waals surface area (Å²) in [5.74, 6) is 2.93. The summed E-state index contributed by atoms with van der Waals surface area (Å²) in [7, 11) is 0. The quantitative estimate of drug-likeness (QED) is 0.790. The van der Waals surface area contributed by atoms with Crippen molar-refractivity contribution in [1.82, 2.24) is 14.9 Å². The minimum atomic E-state index is 0.0392. The number of fused-ring (bicyclic) bond motifs is 1. The molecule has 1 saturated carbocycles. The number of thiophene rings is 1. The molecular formula is C21H30N4OS. The normalized spacial score (nSPS) is 18.4. The third kappa shape index (κ3) is 3.82. The van der Waals surface area contributed by atoms with Crippen LogP contribution in [0.1, 0.15) is 62.2 Å². The molecule has 1 saturated heterocycles. The number of rotatable bonds is 3. The van der Waals surface area contributed by atoms with Crippen LogP contribution in [0.4, 0.5) is 5.82 Å². The number of nitrogens with zero attached hydrogens (tertiary/aromatic N) is 4. The molecule has 1 aliphatic heterocycles. The van der Waals surface area contributed by atoms with Gasteiger partial charge in [0.15, 0.2) is 0 Å². The van der Waals surface area contributed by atoms with Gasteiger partial charge in [-0.1, -0.05) is 20.8 Å².